The van der Waals surface area contributed by atoms with E-state index in [4.69, 9.17) is 0 Å². The van der Waals surface area contributed by atoms with Crippen LogP contribution in [0.4, 0.5) is 11.4 Å². The van der Waals surface area contributed by atoms with Gasteiger partial charge in [-0.3, -0.25) is 9.59 Å². The molecule has 142 valence electrons. The number of piperazine rings is 1. The molecule has 2 amide bonds. The van der Waals surface area contributed by atoms with E-state index in [0.717, 1.165) is 18.8 Å². The minimum Gasteiger partial charge on any atom is -0.378 e. The quantitative estimate of drug-likeness (QED) is 0.877. The SMILES string of the molecule is CN(C)c1ccc(C(=O)NCC(=O)N2CCN(c3ccccc3)CC2)cc1. The van der Waals surface area contributed by atoms with Gasteiger partial charge in [0.1, 0.15) is 0 Å². The Hall–Kier alpha value is -3.02. The van der Waals surface area contributed by atoms with Gasteiger partial charge in [-0.1, -0.05) is 18.2 Å². The van der Waals surface area contributed by atoms with Gasteiger partial charge in [0, 0.05) is 57.2 Å². The lowest BCUT2D eigenvalue weighted by Crippen LogP contribution is -2.51. The molecule has 1 aliphatic rings. The number of rotatable bonds is 5. The smallest absolute Gasteiger partial charge is 0.251 e. The van der Waals surface area contributed by atoms with Gasteiger partial charge in [-0.15, -0.1) is 0 Å². The van der Waals surface area contributed by atoms with Crippen LogP contribution in [-0.4, -0.2) is 63.5 Å². The van der Waals surface area contributed by atoms with E-state index < -0.39 is 0 Å². The second-order valence-corrected chi connectivity index (χ2v) is 6.83. The Morgan fingerprint density at radius 3 is 2.15 bits per heavy atom. The zero-order valence-electron chi connectivity index (χ0n) is 15.9. The van der Waals surface area contributed by atoms with Crippen molar-refractivity contribution in [1.29, 1.82) is 0 Å². The van der Waals surface area contributed by atoms with E-state index in [2.05, 4.69) is 22.3 Å². The summed E-state index contributed by atoms with van der Waals surface area (Å²) in [7, 11) is 3.90. The van der Waals surface area contributed by atoms with Crippen LogP contribution in [0.3, 0.4) is 0 Å². The Morgan fingerprint density at radius 1 is 0.926 bits per heavy atom. The molecule has 0 atom stereocenters. The second-order valence-electron chi connectivity index (χ2n) is 6.83. The zero-order valence-corrected chi connectivity index (χ0v) is 15.9. The zero-order chi connectivity index (χ0) is 19.2. The molecule has 0 spiro atoms. The molecule has 0 unspecified atom stereocenters. The van der Waals surface area contributed by atoms with Crippen LogP contribution in [0.15, 0.2) is 54.6 Å². The van der Waals surface area contributed by atoms with Crippen molar-refractivity contribution in [1.82, 2.24) is 10.2 Å². The van der Waals surface area contributed by atoms with Gasteiger partial charge >= 0.3 is 0 Å². The minimum absolute atomic E-state index is 0.0274. The summed E-state index contributed by atoms with van der Waals surface area (Å²) in [5.41, 5.74) is 2.76. The predicted octanol–water partition coefficient (Wildman–Crippen LogP) is 1.83. The average Bonchev–Trinajstić information content (AvgIpc) is 2.72. The maximum Gasteiger partial charge on any atom is 0.251 e. The monoisotopic (exact) mass is 366 g/mol. The molecule has 1 aliphatic heterocycles. The fourth-order valence-electron chi connectivity index (χ4n) is 3.13. The lowest BCUT2D eigenvalue weighted by Gasteiger charge is -2.36. The molecule has 1 heterocycles. The van der Waals surface area contributed by atoms with E-state index in [1.165, 1.54) is 5.69 Å². The number of nitrogens with one attached hydrogen (secondary N) is 1. The van der Waals surface area contributed by atoms with Crippen molar-refractivity contribution in [2.24, 2.45) is 0 Å². The Morgan fingerprint density at radius 2 is 1.56 bits per heavy atom. The molecule has 0 radical (unpaired) electrons. The number of hydrogen-bond acceptors (Lipinski definition) is 4. The summed E-state index contributed by atoms with van der Waals surface area (Å²) >= 11 is 0. The van der Waals surface area contributed by atoms with Crippen molar-refractivity contribution in [3.8, 4) is 0 Å². The first-order chi connectivity index (χ1) is 13.0. The summed E-state index contributed by atoms with van der Waals surface area (Å²) in [6.45, 7) is 2.97. The highest BCUT2D eigenvalue weighted by molar-refractivity contribution is 5.96. The second kappa shape index (κ2) is 8.58. The van der Waals surface area contributed by atoms with Crippen LogP contribution in [-0.2, 0) is 4.79 Å². The fourth-order valence-corrected chi connectivity index (χ4v) is 3.13. The third kappa shape index (κ3) is 4.78. The molecule has 0 aromatic heterocycles. The Kier molecular flexibility index (Phi) is 5.96. The van der Waals surface area contributed by atoms with Gasteiger partial charge in [-0.25, -0.2) is 0 Å². The van der Waals surface area contributed by atoms with Gasteiger partial charge in [0.2, 0.25) is 5.91 Å². The highest BCUT2D eigenvalue weighted by atomic mass is 16.2. The van der Waals surface area contributed by atoms with Crippen molar-refractivity contribution in [2.75, 3.05) is 56.6 Å². The highest BCUT2D eigenvalue weighted by Crippen LogP contribution is 2.15. The number of para-hydroxylation sites is 1. The van der Waals surface area contributed by atoms with Crippen molar-refractivity contribution < 1.29 is 9.59 Å². The van der Waals surface area contributed by atoms with Crippen LogP contribution in [0.1, 0.15) is 10.4 Å². The van der Waals surface area contributed by atoms with E-state index in [0.29, 0.717) is 18.7 Å². The van der Waals surface area contributed by atoms with Crippen LogP contribution >= 0.6 is 0 Å². The molecule has 0 saturated carbocycles. The molecule has 27 heavy (non-hydrogen) atoms. The molecule has 1 saturated heterocycles. The van der Waals surface area contributed by atoms with Crippen molar-refractivity contribution >= 4 is 23.2 Å². The van der Waals surface area contributed by atoms with E-state index >= 15 is 0 Å². The Balaban J connectivity index is 1.46. The highest BCUT2D eigenvalue weighted by Gasteiger charge is 2.21. The summed E-state index contributed by atoms with van der Waals surface area (Å²) in [5.74, 6) is -0.266. The molecule has 1 N–H and O–H groups in total. The van der Waals surface area contributed by atoms with Crippen LogP contribution in [0.2, 0.25) is 0 Å². The fraction of sp³-hybridized carbons (Fsp3) is 0.333. The normalized spacial score (nSPS) is 14.0. The average molecular weight is 366 g/mol. The van der Waals surface area contributed by atoms with Crippen LogP contribution in [0, 0.1) is 0 Å². The van der Waals surface area contributed by atoms with E-state index in [9.17, 15) is 9.59 Å². The molecule has 2 aromatic rings. The summed E-state index contributed by atoms with van der Waals surface area (Å²) in [5, 5.41) is 2.73. The summed E-state index contributed by atoms with van der Waals surface area (Å²) in [4.78, 5) is 30.7. The molecule has 3 rings (SSSR count). The van der Waals surface area contributed by atoms with Crippen LogP contribution in [0.25, 0.3) is 0 Å². The summed E-state index contributed by atoms with van der Waals surface area (Å²) in [6.07, 6.45) is 0. The van der Waals surface area contributed by atoms with E-state index in [1.807, 2.05) is 54.2 Å². The first-order valence-electron chi connectivity index (χ1n) is 9.18. The molecule has 1 fully saturated rings. The molecule has 2 aromatic carbocycles. The number of benzene rings is 2. The predicted molar refractivity (Wildman–Crippen MR) is 108 cm³/mol. The van der Waals surface area contributed by atoms with Crippen molar-refractivity contribution in [3.63, 3.8) is 0 Å². The Bertz CT molecular complexity index is 767. The molecule has 0 aliphatic carbocycles. The number of hydrogen-bond donors (Lipinski definition) is 1. The van der Waals surface area contributed by atoms with Crippen molar-refractivity contribution in [2.45, 2.75) is 0 Å². The van der Waals surface area contributed by atoms with Gasteiger partial charge in [0.05, 0.1) is 6.54 Å². The van der Waals surface area contributed by atoms with E-state index in [-0.39, 0.29) is 18.4 Å². The van der Waals surface area contributed by atoms with Gasteiger partial charge in [0.15, 0.2) is 0 Å². The number of nitrogens with zero attached hydrogens (tertiary/aromatic N) is 3. The lowest BCUT2D eigenvalue weighted by molar-refractivity contribution is -0.130. The number of anilines is 2. The van der Waals surface area contributed by atoms with E-state index in [1.54, 1.807) is 12.1 Å². The first-order valence-corrected chi connectivity index (χ1v) is 9.18. The molecular formula is C21H26N4O2. The summed E-state index contributed by atoms with van der Waals surface area (Å²) in [6, 6.07) is 17.5. The maximum absolute atomic E-state index is 12.4. The first kappa shape index (κ1) is 18.8. The van der Waals surface area contributed by atoms with Crippen molar-refractivity contribution in [3.05, 3.63) is 60.2 Å². The van der Waals surface area contributed by atoms with Crippen LogP contribution < -0.4 is 15.1 Å². The van der Waals surface area contributed by atoms with Gasteiger partial charge < -0.3 is 20.0 Å². The maximum atomic E-state index is 12.4. The topological polar surface area (TPSA) is 55.9 Å². The minimum atomic E-state index is -0.225. The molecular weight excluding hydrogens is 340 g/mol. The van der Waals surface area contributed by atoms with Gasteiger partial charge in [0.25, 0.3) is 5.91 Å². The number of carbonyl (C=O) groups excluding carboxylic acids is 2. The molecule has 6 nitrogen and oxygen atoms in total. The van der Waals surface area contributed by atoms with Gasteiger partial charge in [-0.2, -0.15) is 0 Å². The lowest BCUT2D eigenvalue weighted by atomic mass is 10.2. The molecule has 6 heteroatoms. The molecule has 0 bridgehead atoms. The third-order valence-electron chi connectivity index (χ3n) is 4.80. The van der Waals surface area contributed by atoms with Gasteiger partial charge in [-0.05, 0) is 36.4 Å². The number of carbonyl (C=O) groups is 2. The number of amides is 2. The largest absolute Gasteiger partial charge is 0.378 e. The standard InChI is InChI=1S/C21H26N4O2/c1-23(2)18-10-8-17(9-11-18)21(27)22-16-20(26)25-14-12-24(13-15-25)19-6-4-3-5-7-19/h3-11H,12-16H2,1-2H3,(H,22,27). The Labute approximate surface area is 160 Å². The third-order valence-corrected chi connectivity index (χ3v) is 4.80. The summed E-state index contributed by atoms with van der Waals surface area (Å²) < 4.78 is 0. The van der Waals surface area contributed by atoms with Crippen LogP contribution in [0.5, 0.6) is 0 Å².